The molecule has 0 N–H and O–H groups in total. The lowest BCUT2D eigenvalue weighted by Gasteiger charge is -2.10. The van der Waals surface area contributed by atoms with E-state index < -0.39 is 0 Å². The molecule has 0 aliphatic heterocycles. The molecular weight excluding hydrogens is 198 g/mol. The quantitative estimate of drug-likeness (QED) is 0.712. The van der Waals surface area contributed by atoms with Gasteiger partial charge in [0.1, 0.15) is 0 Å². The van der Waals surface area contributed by atoms with Crippen molar-refractivity contribution in [2.75, 3.05) is 20.6 Å². The van der Waals surface area contributed by atoms with Crippen LogP contribution < -0.4 is 0 Å². The minimum atomic E-state index is -0.376. The Kier molecular flexibility index (Phi) is 4.11. The minimum absolute atomic E-state index is 0.376. The van der Waals surface area contributed by atoms with E-state index >= 15 is 0 Å². The summed E-state index contributed by atoms with van der Waals surface area (Å²) in [5.74, 6) is 0. The molecule has 1 aromatic rings. The molecule has 0 amide bonds. The fourth-order valence-electron chi connectivity index (χ4n) is 1.27. The molecule has 0 aliphatic carbocycles. The number of hydrogen-bond acceptors (Lipinski definition) is 2. The maximum absolute atomic E-state index is 11.1. The van der Waals surface area contributed by atoms with E-state index in [4.69, 9.17) is 11.6 Å². The molecule has 0 spiro atoms. The van der Waals surface area contributed by atoms with Gasteiger partial charge in [-0.3, -0.25) is 4.79 Å². The molecule has 0 fully saturated rings. The number of hydrogen-bond donors (Lipinski definition) is 0. The van der Waals surface area contributed by atoms with Crippen molar-refractivity contribution >= 4 is 16.8 Å². The van der Waals surface area contributed by atoms with E-state index in [-0.39, 0.29) is 5.24 Å². The predicted molar refractivity (Wildman–Crippen MR) is 58.9 cm³/mol. The highest BCUT2D eigenvalue weighted by atomic mass is 35.5. The van der Waals surface area contributed by atoms with Crippen LogP contribution in [-0.2, 0) is 6.42 Å². The summed E-state index contributed by atoms with van der Waals surface area (Å²) >= 11 is 5.47. The summed E-state index contributed by atoms with van der Waals surface area (Å²) in [4.78, 5) is 13.1. The minimum Gasteiger partial charge on any atom is -0.309 e. The zero-order chi connectivity index (χ0) is 10.6. The van der Waals surface area contributed by atoms with E-state index in [9.17, 15) is 4.79 Å². The lowest BCUT2D eigenvalue weighted by Crippen LogP contribution is -2.16. The van der Waals surface area contributed by atoms with Gasteiger partial charge in [0.05, 0.1) is 0 Å². The maximum atomic E-state index is 11.1. The summed E-state index contributed by atoms with van der Waals surface area (Å²) < 4.78 is 0. The van der Waals surface area contributed by atoms with Gasteiger partial charge in [-0.1, -0.05) is 18.2 Å². The monoisotopic (exact) mass is 211 g/mol. The van der Waals surface area contributed by atoms with Gasteiger partial charge in [-0.2, -0.15) is 0 Å². The second kappa shape index (κ2) is 5.13. The standard InChI is InChI=1S/C11H14ClNO/c1-13(2)8-7-9-5-3-4-6-10(9)11(12)14/h3-6H,7-8H2,1-2H3. The molecule has 0 radical (unpaired) electrons. The lowest BCUT2D eigenvalue weighted by atomic mass is 10.1. The highest BCUT2D eigenvalue weighted by Crippen LogP contribution is 2.12. The second-order valence-corrected chi connectivity index (χ2v) is 3.83. The van der Waals surface area contributed by atoms with Gasteiger partial charge < -0.3 is 4.90 Å². The average Bonchev–Trinajstić information content (AvgIpc) is 2.15. The van der Waals surface area contributed by atoms with Crippen molar-refractivity contribution in [1.82, 2.24) is 4.90 Å². The number of halogens is 1. The Morgan fingerprint density at radius 3 is 2.57 bits per heavy atom. The summed E-state index contributed by atoms with van der Waals surface area (Å²) in [5, 5.41) is -0.376. The molecule has 0 atom stereocenters. The normalized spacial score (nSPS) is 10.6. The Labute approximate surface area is 89.5 Å². The van der Waals surface area contributed by atoms with Crippen LogP contribution in [0.15, 0.2) is 24.3 Å². The maximum Gasteiger partial charge on any atom is 0.252 e. The summed E-state index contributed by atoms with van der Waals surface area (Å²) in [7, 11) is 4.01. The molecule has 76 valence electrons. The van der Waals surface area contributed by atoms with Crippen molar-refractivity contribution in [3.05, 3.63) is 35.4 Å². The molecule has 0 unspecified atom stereocenters. The van der Waals surface area contributed by atoms with Crippen LogP contribution in [-0.4, -0.2) is 30.8 Å². The van der Waals surface area contributed by atoms with Gasteiger partial charge >= 0.3 is 0 Å². The SMILES string of the molecule is CN(C)CCc1ccccc1C(=O)Cl. The molecule has 0 aliphatic rings. The van der Waals surface area contributed by atoms with Gasteiger partial charge in [0.25, 0.3) is 5.24 Å². The summed E-state index contributed by atoms with van der Waals surface area (Å²) in [6.45, 7) is 0.918. The zero-order valence-corrected chi connectivity index (χ0v) is 9.21. The Bertz CT molecular complexity index is 323. The van der Waals surface area contributed by atoms with E-state index in [0.29, 0.717) is 5.56 Å². The molecule has 0 bridgehead atoms. The van der Waals surface area contributed by atoms with E-state index in [1.165, 1.54) is 0 Å². The number of rotatable bonds is 4. The average molecular weight is 212 g/mol. The fourth-order valence-corrected chi connectivity index (χ4v) is 1.46. The molecule has 1 aromatic carbocycles. The molecule has 14 heavy (non-hydrogen) atoms. The highest BCUT2D eigenvalue weighted by molar-refractivity contribution is 6.67. The Morgan fingerprint density at radius 1 is 1.36 bits per heavy atom. The summed E-state index contributed by atoms with van der Waals surface area (Å²) in [5.41, 5.74) is 1.64. The fraction of sp³-hybridized carbons (Fsp3) is 0.364. The molecule has 0 aromatic heterocycles. The van der Waals surface area contributed by atoms with Crippen LogP contribution in [0.1, 0.15) is 15.9 Å². The highest BCUT2D eigenvalue weighted by Gasteiger charge is 2.07. The molecule has 1 rings (SSSR count). The molecule has 2 nitrogen and oxygen atoms in total. The molecular formula is C11H14ClNO. The topological polar surface area (TPSA) is 20.3 Å². The third-order valence-corrected chi connectivity index (χ3v) is 2.26. The second-order valence-electron chi connectivity index (χ2n) is 3.48. The van der Waals surface area contributed by atoms with Crippen molar-refractivity contribution in [1.29, 1.82) is 0 Å². The van der Waals surface area contributed by atoms with Gasteiger partial charge in [0.15, 0.2) is 0 Å². The number of carbonyl (C=O) groups is 1. The number of likely N-dealkylation sites (N-methyl/N-ethyl adjacent to an activating group) is 1. The zero-order valence-electron chi connectivity index (χ0n) is 8.46. The largest absolute Gasteiger partial charge is 0.309 e. The van der Waals surface area contributed by atoms with Crippen LogP contribution in [0.4, 0.5) is 0 Å². The third kappa shape index (κ3) is 3.13. The van der Waals surface area contributed by atoms with E-state index in [1.54, 1.807) is 6.07 Å². The third-order valence-electron chi connectivity index (χ3n) is 2.06. The van der Waals surface area contributed by atoms with Gasteiger partial charge in [0.2, 0.25) is 0 Å². The van der Waals surface area contributed by atoms with Crippen molar-refractivity contribution in [2.45, 2.75) is 6.42 Å². The van der Waals surface area contributed by atoms with Crippen LogP contribution in [0.5, 0.6) is 0 Å². The first-order chi connectivity index (χ1) is 6.61. The van der Waals surface area contributed by atoms with Gasteiger partial charge in [-0.05, 0) is 43.7 Å². The first kappa shape index (κ1) is 11.2. The summed E-state index contributed by atoms with van der Waals surface area (Å²) in [6, 6.07) is 7.46. The number of carbonyl (C=O) groups excluding carboxylic acids is 1. The van der Waals surface area contributed by atoms with Gasteiger partial charge in [-0.15, -0.1) is 0 Å². The molecule has 0 saturated heterocycles. The Hall–Kier alpha value is -0.860. The van der Waals surface area contributed by atoms with E-state index in [2.05, 4.69) is 4.90 Å². The van der Waals surface area contributed by atoms with Crippen molar-refractivity contribution in [3.8, 4) is 0 Å². The summed E-state index contributed by atoms with van der Waals surface area (Å²) in [6.07, 6.45) is 0.849. The van der Waals surface area contributed by atoms with Crippen LogP contribution in [0.2, 0.25) is 0 Å². The van der Waals surface area contributed by atoms with E-state index in [0.717, 1.165) is 18.5 Å². The predicted octanol–water partition coefficient (Wildman–Crippen LogP) is 2.17. The molecule has 3 heteroatoms. The smallest absolute Gasteiger partial charge is 0.252 e. The van der Waals surface area contributed by atoms with Crippen LogP contribution in [0.25, 0.3) is 0 Å². The lowest BCUT2D eigenvalue weighted by molar-refractivity contribution is 0.108. The van der Waals surface area contributed by atoms with E-state index in [1.807, 2.05) is 32.3 Å². The first-order valence-electron chi connectivity index (χ1n) is 4.53. The first-order valence-corrected chi connectivity index (χ1v) is 4.91. The van der Waals surface area contributed by atoms with Gasteiger partial charge in [-0.25, -0.2) is 0 Å². The van der Waals surface area contributed by atoms with Crippen LogP contribution in [0, 0.1) is 0 Å². The van der Waals surface area contributed by atoms with Crippen molar-refractivity contribution in [2.24, 2.45) is 0 Å². The van der Waals surface area contributed by atoms with Crippen LogP contribution in [0.3, 0.4) is 0 Å². The molecule has 0 heterocycles. The Morgan fingerprint density at radius 2 is 2.00 bits per heavy atom. The number of nitrogens with zero attached hydrogens (tertiary/aromatic N) is 1. The Balaban J connectivity index is 2.79. The van der Waals surface area contributed by atoms with Crippen molar-refractivity contribution < 1.29 is 4.79 Å². The van der Waals surface area contributed by atoms with Crippen LogP contribution >= 0.6 is 11.6 Å². The van der Waals surface area contributed by atoms with Crippen molar-refractivity contribution in [3.63, 3.8) is 0 Å². The van der Waals surface area contributed by atoms with Gasteiger partial charge in [0, 0.05) is 12.1 Å². The number of benzene rings is 1. The molecule has 0 saturated carbocycles.